The summed E-state index contributed by atoms with van der Waals surface area (Å²) >= 11 is 0. The second-order valence-electron chi connectivity index (χ2n) is 4.02. The number of carbonyl (C=O) groups is 1. The molecule has 0 heterocycles. The molecule has 1 aromatic carbocycles. The number of hydrogen-bond donors (Lipinski definition) is 1. The number of esters is 1. The van der Waals surface area contributed by atoms with E-state index in [1.54, 1.807) is 30.3 Å². The number of hydrogen-bond acceptors (Lipinski definition) is 4. The number of methoxy groups -OCH3 is 1. The van der Waals surface area contributed by atoms with Crippen LogP contribution < -0.4 is 5.43 Å². The summed E-state index contributed by atoms with van der Waals surface area (Å²) in [6.07, 6.45) is -5.77. The Morgan fingerprint density at radius 1 is 1.25 bits per heavy atom. The smallest absolute Gasteiger partial charge is 0.394 e. The van der Waals surface area contributed by atoms with Crippen molar-refractivity contribution in [3.8, 4) is 0 Å². The van der Waals surface area contributed by atoms with Gasteiger partial charge in [-0.05, 0) is 18.6 Å². The molecule has 20 heavy (non-hydrogen) atoms. The molecule has 1 N–H and O–H groups in total. The highest BCUT2D eigenvalue weighted by molar-refractivity contribution is 5.88. The quantitative estimate of drug-likeness (QED) is 0.496. The van der Waals surface area contributed by atoms with E-state index in [1.165, 1.54) is 7.11 Å². The van der Waals surface area contributed by atoms with Gasteiger partial charge in [0, 0.05) is 5.71 Å². The van der Waals surface area contributed by atoms with Crippen molar-refractivity contribution < 1.29 is 22.7 Å². The molecular weight excluding hydrogens is 273 g/mol. The molecule has 110 valence electrons. The lowest BCUT2D eigenvalue weighted by Gasteiger charge is -2.10. The lowest BCUT2D eigenvalue weighted by Crippen LogP contribution is -2.17. The molecule has 0 saturated heterocycles. The lowest BCUT2D eigenvalue weighted by molar-refractivity contribution is -0.140. The third-order valence-electron chi connectivity index (χ3n) is 2.37. The first-order chi connectivity index (χ1) is 9.40. The van der Waals surface area contributed by atoms with E-state index >= 15 is 0 Å². The van der Waals surface area contributed by atoms with E-state index in [-0.39, 0.29) is 18.6 Å². The molecule has 0 unspecified atom stereocenters. The highest BCUT2D eigenvalue weighted by Gasteiger charge is 2.30. The molecule has 0 radical (unpaired) electrons. The zero-order valence-corrected chi connectivity index (χ0v) is 10.9. The van der Waals surface area contributed by atoms with E-state index in [0.29, 0.717) is 5.69 Å². The maximum Gasteiger partial charge on any atom is 0.394 e. The van der Waals surface area contributed by atoms with Crippen molar-refractivity contribution in [2.75, 3.05) is 12.5 Å². The van der Waals surface area contributed by atoms with Gasteiger partial charge >= 0.3 is 12.1 Å². The Morgan fingerprint density at radius 2 is 1.90 bits per heavy atom. The SMILES string of the molecule is COC(=O)CCC(CC(F)(F)F)=NNc1ccccc1. The van der Waals surface area contributed by atoms with Gasteiger partial charge < -0.3 is 4.74 Å². The zero-order chi connectivity index (χ0) is 15.0. The summed E-state index contributed by atoms with van der Waals surface area (Å²) in [5.41, 5.74) is 2.97. The number of rotatable bonds is 6. The number of alkyl halides is 3. The summed E-state index contributed by atoms with van der Waals surface area (Å²) in [6, 6.07) is 8.60. The number of hydrazone groups is 1. The minimum absolute atomic E-state index is 0.105. The van der Waals surface area contributed by atoms with Crippen molar-refractivity contribution >= 4 is 17.4 Å². The first-order valence-corrected chi connectivity index (χ1v) is 5.91. The van der Waals surface area contributed by atoms with Crippen LogP contribution in [0.3, 0.4) is 0 Å². The van der Waals surface area contributed by atoms with Crippen LogP contribution in [0.15, 0.2) is 35.4 Å². The number of nitrogens with zero attached hydrogens (tertiary/aromatic N) is 1. The fraction of sp³-hybridized carbons (Fsp3) is 0.385. The van der Waals surface area contributed by atoms with Gasteiger partial charge in [0.25, 0.3) is 0 Å². The van der Waals surface area contributed by atoms with Gasteiger partial charge in [-0.15, -0.1) is 0 Å². The Labute approximate surface area is 114 Å². The van der Waals surface area contributed by atoms with Crippen LogP contribution in [0.25, 0.3) is 0 Å². The molecule has 0 atom stereocenters. The number of para-hydroxylation sites is 1. The van der Waals surface area contributed by atoms with Crippen LogP contribution >= 0.6 is 0 Å². The van der Waals surface area contributed by atoms with Crippen molar-refractivity contribution in [1.82, 2.24) is 0 Å². The van der Waals surface area contributed by atoms with Crippen molar-refractivity contribution in [3.63, 3.8) is 0 Å². The molecule has 0 aliphatic rings. The fourth-order valence-electron chi connectivity index (χ4n) is 1.42. The summed E-state index contributed by atoms with van der Waals surface area (Å²) in [6.45, 7) is 0. The summed E-state index contributed by atoms with van der Waals surface area (Å²) in [7, 11) is 1.19. The van der Waals surface area contributed by atoms with Crippen LogP contribution in [0.2, 0.25) is 0 Å². The third-order valence-corrected chi connectivity index (χ3v) is 2.37. The molecule has 0 aromatic heterocycles. The van der Waals surface area contributed by atoms with E-state index in [9.17, 15) is 18.0 Å². The van der Waals surface area contributed by atoms with Crippen LogP contribution in [-0.4, -0.2) is 25.0 Å². The Hall–Kier alpha value is -2.05. The summed E-state index contributed by atoms with van der Waals surface area (Å²) in [5, 5.41) is 3.72. The molecule has 1 rings (SSSR count). The lowest BCUT2D eigenvalue weighted by atomic mass is 10.1. The maximum atomic E-state index is 12.4. The van der Waals surface area contributed by atoms with Gasteiger partial charge in [-0.2, -0.15) is 18.3 Å². The average molecular weight is 288 g/mol. The predicted molar refractivity (Wildman–Crippen MR) is 69.4 cm³/mol. The van der Waals surface area contributed by atoms with E-state index in [2.05, 4.69) is 15.3 Å². The van der Waals surface area contributed by atoms with E-state index in [4.69, 9.17) is 0 Å². The van der Waals surface area contributed by atoms with Crippen LogP contribution in [-0.2, 0) is 9.53 Å². The van der Waals surface area contributed by atoms with Gasteiger partial charge in [-0.25, -0.2) is 0 Å². The van der Waals surface area contributed by atoms with Gasteiger partial charge in [0.05, 0.1) is 25.6 Å². The molecule has 0 fully saturated rings. The van der Waals surface area contributed by atoms with Crippen LogP contribution in [0.4, 0.5) is 18.9 Å². The first-order valence-electron chi connectivity index (χ1n) is 5.91. The second-order valence-corrected chi connectivity index (χ2v) is 4.02. The highest BCUT2D eigenvalue weighted by atomic mass is 19.4. The number of halogens is 3. The van der Waals surface area contributed by atoms with Gasteiger partial charge in [0.1, 0.15) is 0 Å². The largest absolute Gasteiger partial charge is 0.469 e. The molecule has 4 nitrogen and oxygen atoms in total. The minimum Gasteiger partial charge on any atom is -0.469 e. The molecule has 0 bridgehead atoms. The second kappa shape index (κ2) is 7.52. The Kier molecular flexibility index (Phi) is 6.02. The molecule has 0 saturated carbocycles. The molecule has 1 aromatic rings. The van der Waals surface area contributed by atoms with Crippen molar-refractivity contribution in [3.05, 3.63) is 30.3 Å². The molecule has 0 aliphatic carbocycles. The van der Waals surface area contributed by atoms with Gasteiger partial charge in [-0.1, -0.05) is 18.2 Å². The molecular formula is C13H15F3N2O2. The van der Waals surface area contributed by atoms with E-state index < -0.39 is 18.6 Å². The van der Waals surface area contributed by atoms with E-state index in [1.807, 2.05) is 0 Å². The fourth-order valence-corrected chi connectivity index (χ4v) is 1.42. The van der Waals surface area contributed by atoms with Gasteiger partial charge in [0.15, 0.2) is 0 Å². The molecule has 7 heteroatoms. The Bertz CT molecular complexity index is 458. The summed E-state index contributed by atoms with van der Waals surface area (Å²) < 4.78 is 41.6. The topological polar surface area (TPSA) is 50.7 Å². The third kappa shape index (κ3) is 6.77. The van der Waals surface area contributed by atoms with Crippen LogP contribution in [0.5, 0.6) is 0 Å². The monoisotopic (exact) mass is 288 g/mol. The summed E-state index contributed by atoms with van der Waals surface area (Å²) in [5.74, 6) is -0.570. The minimum atomic E-state index is -4.37. The van der Waals surface area contributed by atoms with Crippen molar-refractivity contribution in [2.45, 2.75) is 25.4 Å². The molecule has 0 amide bonds. The number of nitrogens with one attached hydrogen (secondary N) is 1. The Balaban J connectivity index is 2.68. The van der Waals surface area contributed by atoms with Gasteiger partial charge in [-0.3, -0.25) is 10.2 Å². The van der Waals surface area contributed by atoms with E-state index in [0.717, 1.165) is 0 Å². The van der Waals surface area contributed by atoms with Crippen molar-refractivity contribution in [1.29, 1.82) is 0 Å². The van der Waals surface area contributed by atoms with Crippen LogP contribution in [0.1, 0.15) is 19.3 Å². The van der Waals surface area contributed by atoms with Crippen molar-refractivity contribution in [2.24, 2.45) is 5.10 Å². The normalized spacial score (nSPS) is 12.1. The number of benzene rings is 1. The predicted octanol–water partition coefficient (Wildman–Crippen LogP) is 3.36. The van der Waals surface area contributed by atoms with Gasteiger partial charge in [0.2, 0.25) is 0 Å². The zero-order valence-electron chi connectivity index (χ0n) is 10.9. The molecule has 0 spiro atoms. The molecule has 0 aliphatic heterocycles. The standard InChI is InChI=1S/C13H15F3N2O2/c1-20-12(19)8-7-11(9-13(14,15)16)18-17-10-5-3-2-4-6-10/h2-6,17H,7-9H2,1H3. The highest BCUT2D eigenvalue weighted by Crippen LogP contribution is 2.22. The maximum absolute atomic E-state index is 12.4. The average Bonchev–Trinajstić information content (AvgIpc) is 2.41. The number of ether oxygens (including phenoxy) is 1. The summed E-state index contributed by atoms with van der Waals surface area (Å²) in [4.78, 5) is 11.0. The number of carbonyl (C=O) groups excluding carboxylic acids is 1. The Morgan fingerprint density at radius 3 is 2.45 bits per heavy atom. The van der Waals surface area contributed by atoms with Crippen LogP contribution in [0, 0.1) is 0 Å². The number of anilines is 1. The first kappa shape index (κ1) is 16.0.